The second-order valence-corrected chi connectivity index (χ2v) is 6.32. The summed E-state index contributed by atoms with van der Waals surface area (Å²) in [7, 11) is 0. The van der Waals surface area contributed by atoms with E-state index in [0.717, 1.165) is 29.9 Å². The van der Waals surface area contributed by atoms with Crippen molar-refractivity contribution in [2.45, 2.75) is 20.3 Å². The van der Waals surface area contributed by atoms with Gasteiger partial charge in [0.05, 0.1) is 0 Å². The molecule has 2 aromatic heterocycles. The minimum Gasteiger partial charge on any atom is -0.354 e. The molecule has 1 fully saturated rings. The number of benzene rings is 1. The molecule has 0 radical (unpaired) electrons. The molecule has 4 rings (SSSR count). The van der Waals surface area contributed by atoms with Gasteiger partial charge >= 0.3 is 0 Å². The molecule has 5 nitrogen and oxygen atoms in total. The van der Waals surface area contributed by atoms with Gasteiger partial charge in [-0.05, 0) is 18.3 Å². The highest BCUT2D eigenvalue weighted by molar-refractivity contribution is 6.00. The van der Waals surface area contributed by atoms with Gasteiger partial charge in [-0.25, -0.2) is 0 Å². The summed E-state index contributed by atoms with van der Waals surface area (Å²) in [6.45, 7) is 6.77. The highest BCUT2D eigenvalue weighted by Crippen LogP contribution is 2.31. The topological polar surface area (TPSA) is 46.3 Å². The van der Waals surface area contributed by atoms with Gasteiger partial charge in [-0.1, -0.05) is 38.1 Å². The lowest BCUT2D eigenvalue weighted by atomic mass is 9.92. The summed E-state index contributed by atoms with van der Waals surface area (Å²) in [5.41, 5.74) is 0.826. The van der Waals surface area contributed by atoms with Crippen LogP contribution in [0.3, 0.4) is 0 Å². The minimum atomic E-state index is 0.700. The predicted molar refractivity (Wildman–Crippen MR) is 83.4 cm³/mol. The summed E-state index contributed by atoms with van der Waals surface area (Å²) in [6.07, 6.45) is 2.98. The zero-order chi connectivity index (χ0) is 14.4. The summed E-state index contributed by atoms with van der Waals surface area (Å²) in [5, 5.41) is 15.3. The highest BCUT2D eigenvalue weighted by atomic mass is 15.4. The van der Waals surface area contributed by atoms with Crippen molar-refractivity contribution in [3.8, 4) is 0 Å². The average molecular weight is 281 g/mol. The lowest BCUT2D eigenvalue weighted by Crippen LogP contribution is -2.39. The lowest BCUT2D eigenvalue weighted by Gasteiger charge is -2.36. The quantitative estimate of drug-likeness (QED) is 0.688. The molecule has 1 aliphatic heterocycles. The van der Waals surface area contributed by atoms with Crippen molar-refractivity contribution in [1.82, 2.24) is 19.8 Å². The molecular formula is C16H19N5. The van der Waals surface area contributed by atoms with Gasteiger partial charge in [-0.15, -0.1) is 15.3 Å². The Morgan fingerprint density at radius 1 is 1.05 bits per heavy atom. The van der Waals surface area contributed by atoms with E-state index in [9.17, 15) is 0 Å². The highest BCUT2D eigenvalue weighted by Gasteiger charge is 2.25. The van der Waals surface area contributed by atoms with E-state index in [2.05, 4.69) is 47.1 Å². The van der Waals surface area contributed by atoms with Crippen molar-refractivity contribution in [3.05, 3.63) is 30.6 Å². The third kappa shape index (κ3) is 2.04. The van der Waals surface area contributed by atoms with E-state index in [-0.39, 0.29) is 0 Å². The molecule has 3 aromatic rings. The van der Waals surface area contributed by atoms with E-state index in [0.29, 0.717) is 11.8 Å². The molecule has 108 valence electrons. The molecule has 1 aromatic carbocycles. The summed E-state index contributed by atoms with van der Waals surface area (Å²) in [6, 6.07) is 8.34. The third-order valence-corrected chi connectivity index (χ3v) is 4.31. The van der Waals surface area contributed by atoms with Crippen LogP contribution in [0.1, 0.15) is 20.3 Å². The molecule has 0 saturated carbocycles. The Morgan fingerprint density at radius 3 is 2.52 bits per heavy atom. The van der Waals surface area contributed by atoms with Crippen molar-refractivity contribution in [1.29, 1.82) is 0 Å². The molecule has 0 bridgehead atoms. The maximum absolute atomic E-state index is 4.77. The number of fused-ring (bicyclic) bond motifs is 3. The van der Waals surface area contributed by atoms with Crippen LogP contribution >= 0.6 is 0 Å². The Hall–Kier alpha value is -2.17. The molecule has 21 heavy (non-hydrogen) atoms. The number of aromatic nitrogens is 4. The third-order valence-electron chi connectivity index (χ3n) is 4.31. The molecule has 1 aliphatic rings. The zero-order valence-corrected chi connectivity index (χ0v) is 12.4. The fourth-order valence-corrected chi connectivity index (χ4v) is 3.58. The SMILES string of the molecule is CC1CC(C)CN(c2nn3cnnc3c3ccccc23)C1. The van der Waals surface area contributed by atoms with Gasteiger partial charge in [0.25, 0.3) is 0 Å². The van der Waals surface area contributed by atoms with E-state index in [1.807, 2.05) is 6.07 Å². The molecule has 2 unspecified atom stereocenters. The number of nitrogens with zero attached hydrogens (tertiary/aromatic N) is 5. The molecular weight excluding hydrogens is 262 g/mol. The Morgan fingerprint density at radius 2 is 1.76 bits per heavy atom. The number of anilines is 1. The molecule has 1 saturated heterocycles. The molecule has 5 heteroatoms. The Labute approximate surface area is 123 Å². The second kappa shape index (κ2) is 4.69. The summed E-state index contributed by atoms with van der Waals surface area (Å²) in [5.74, 6) is 2.45. The number of rotatable bonds is 1. The molecule has 3 heterocycles. The second-order valence-electron chi connectivity index (χ2n) is 6.32. The van der Waals surface area contributed by atoms with Crippen LogP contribution in [0, 0.1) is 11.8 Å². The van der Waals surface area contributed by atoms with E-state index >= 15 is 0 Å². The van der Waals surface area contributed by atoms with Crippen molar-refractivity contribution in [3.63, 3.8) is 0 Å². The number of piperidine rings is 1. The van der Waals surface area contributed by atoms with Crippen LogP contribution in [0.15, 0.2) is 30.6 Å². The Kier molecular flexibility index (Phi) is 2.80. The minimum absolute atomic E-state index is 0.700. The van der Waals surface area contributed by atoms with Crippen LogP contribution in [0.4, 0.5) is 5.82 Å². The molecule has 0 aliphatic carbocycles. The van der Waals surface area contributed by atoms with E-state index in [1.54, 1.807) is 10.8 Å². The van der Waals surface area contributed by atoms with Crippen LogP contribution in [0.5, 0.6) is 0 Å². The summed E-state index contributed by atoms with van der Waals surface area (Å²) < 4.78 is 1.79. The maximum Gasteiger partial charge on any atom is 0.185 e. The average Bonchev–Trinajstić information content (AvgIpc) is 2.94. The maximum atomic E-state index is 4.77. The van der Waals surface area contributed by atoms with Crippen LogP contribution in [-0.4, -0.2) is 32.9 Å². The first-order chi connectivity index (χ1) is 10.2. The number of hydrogen-bond donors (Lipinski definition) is 0. The molecule has 2 atom stereocenters. The lowest BCUT2D eigenvalue weighted by molar-refractivity contribution is 0.355. The normalized spacial score (nSPS) is 23.0. The van der Waals surface area contributed by atoms with Crippen molar-refractivity contribution in [2.24, 2.45) is 11.8 Å². The number of hydrogen-bond acceptors (Lipinski definition) is 4. The van der Waals surface area contributed by atoms with Gasteiger partial charge in [0.15, 0.2) is 11.5 Å². The smallest absolute Gasteiger partial charge is 0.185 e. The predicted octanol–water partition coefficient (Wildman–Crippen LogP) is 2.76. The van der Waals surface area contributed by atoms with E-state index in [4.69, 9.17) is 5.10 Å². The van der Waals surface area contributed by atoms with Gasteiger partial charge in [0.2, 0.25) is 0 Å². The van der Waals surface area contributed by atoms with Gasteiger partial charge in [-0.2, -0.15) is 4.52 Å². The summed E-state index contributed by atoms with van der Waals surface area (Å²) in [4.78, 5) is 2.42. The van der Waals surface area contributed by atoms with Gasteiger partial charge in [-0.3, -0.25) is 0 Å². The Bertz CT molecular complexity index is 784. The largest absolute Gasteiger partial charge is 0.354 e. The van der Waals surface area contributed by atoms with Gasteiger partial charge in [0, 0.05) is 23.9 Å². The molecule has 0 spiro atoms. The van der Waals surface area contributed by atoms with Crippen LogP contribution in [0.25, 0.3) is 16.4 Å². The van der Waals surface area contributed by atoms with Gasteiger partial charge in [0.1, 0.15) is 6.33 Å². The van der Waals surface area contributed by atoms with Crippen molar-refractivity contribution >= 4 is 22.2 Å². The fraction of sp³-hybridized carbons (Fsp3) is 0.438. The van der Waals surface area contributed by atoms with Crippen LogP contribution < -0.4 is 4.90 Å². The fourth-order valence-electron chi connectivity index (χ4n) is 3.58. The first kappa shape index (κ1) is 12.6. The van der Waals surface area contributed by atoms with E-state index < -0.39 is 0 Å². The van der Waals surface area contributed by atoms with Crippen LogP contribution in [-0.2, 0) is 0 Å². The van der Waals surface area contributed by atoms with E-state index in [1.165, 1.54) is 11.8 Å². The molecule has 0 N–H and O–H groups in total. The molecule has 0 amide bonds. The first-order valence-corrected chi connectivity index (χ1v) is 7.56. The summed E-state index contributed by atoms with van der Waals surface area (Å²) >= 11 is 0. The Balaban J connectivity index is 1.93. The first-order valence-electron chi connectivity index (χ1n) is 7.56. The standard InChI is InChI=1S/C16H19N5/c1-11-7-12(2)9-20(8-11)16-14-6-4-3-5-13(14)15-18-17-10-21(15)19-16/h3-6,10-12H,7-9H2,1-2H3. The zero-order valence-electron chi connectivity index (χ0n) is 12.4. The van der Waals surface area contributed by atoms with Crippen molar-refractivity contribution in [2.75, 3.05) is 18.0 Å². The van der Waals surface area contributed by atoms with Gasteiger partial charge < -0.3 is 4.90 Å². The van der Waals surface area contributed by atoms with Crippen LogP contribution in [0.2, 0.25) is 0 Å². The van der Waals surface area contributed by atoms with Crippen molar-refractivity contribution < 1.29 is 0 Å². The monoisotopic (exact) mass is 281 g/mol.